The second-order valence-corrected chi connectivity index (χ2v) is 22.0. The summed E-state index contributed by atoms with van der Waals surface area (Å²) in [5.41, 5.74) is 10.0. The molecule has 0 amide bonds. The minimum Gasteiger partial charge on any atom is -0.395 e. The summed E-state index contributed by atoms with van der Waals surface area (Å²) in [4.78, 5) is -2.52. The maximum absolute atomic E-state index is 12.8. The summed E-state index contributed by atoms with van der Waals surface area (Å²) in [5, 5.41) is 48.1. The van der Waals surface area contributed by atoms with Crippen LogP contribution in [-0.2, 0) is 77.4 Å². The number of anilines is 2. The third kappa shape index (κ3) is 14.4. The molecule has 0 heterocycles. The van der Waals surface area contributed by atoms with Crippen LogP contribution in [0.3, 0.4) is 0 Å². The Kier molecular flexibility index (Phi) is 17.7. The molecule has 0 saturated heterocycles. The van der Waals surface area contributed by atoms with Crippen molar-refractivity contribution in [3.05, 3.63) is 78.9 Å². The van der Waals surface area contributed by atoms with Gasteiger partial charge in [-0.3, -0.25) is 17.8 Å². The van der Waals surface area contributed by atoms with E-state index >= 15 is 0 Å². The molecule has 0 radical (unpaired) electrons. The average Bonchev–Trinajstić information content (AvgIpc) is 3.26. The molecule has 5 aromatic carbocycles. The summed E-state index contributed by atoms with van der Waals surface area (Å²) in [6.45, 7) is -1.44. The quantitative estimate of drug-likeness (QED) is 0.00694. The predicted molar refractivity (Wildman–Crippen MR) is 235 cm³/mol. The second kappa shape index (κ2) is 22.5. The molecule has 29 nitrogen and oxygen atoms in total. The normalized spacial score (nSPS) is 13.1. The molecule has 0 aliphatic carbocycles. The molecule has 0 fully saturated rings. The lowest BCUT2D eigenvalue weighted by atomic mass is 10.1. The molecule has 68 heavy (non-hydrogen) atoms. The Hall–Kier alpha value is -5.23. The Morgan fingerprint density at radius 1 is 0.544 bits per heavy atom. The number of hydrogen-bond acceptors (Lipinski definition) is 28. The van der Waals surface area contributed by atoms with Crippen LogP contribution in [0.15, 0.2) is 134 Å². The molecular formula is C32H30N8O21S7. The van der Waals surface area contributed by atoms with Crippen LogP contribution in [0.1, 0.15) is 0 Å². The summed E-state index contributed by atoms with van der Waals surface area (Å²) in [7, 11) is -23.6. The number of sulfone groups is 2. The molecule has 0 aliphatic heterocycles. The highest BCUT2D eigenvalue weighted by Crippen LogP contribution is 2.46. The van der Waals surface area contributed by atoms with E-state index in [0.29, 0.717) is 18.1 Å². The third-order valence-corrected chi connectivity index (χ3v) is 15.0. The predicted octanol–water partition coefficient (Wildman–Crippen LogP) is 6.54. The lowest BCUT2D eigenvalue weighted by Gasteiger charge is -2.11. The summed E-state index contributed by atoms with van der Waals surface area (Å²) in [6, 6.07) is 14.4. The van der Waals surface area contributed by atoms with Crippen LogP contribution in [0.25, 0.3) is 10.8 Å². The highest BCUT2D eigenvalue weighted by molar-refractivity contribution is 7.95. The van der Waals surface area contributed by atoms with E-state index in [0.717, 1.165) is 24.3 Å². The van der Waals surface area contributed by atoms with E-state index in [-0.39, 0.29) is 62.2 Å². The fraction of sp³-hybridized carbons (Fsp3) is 0.125. The van der Waals surface area contributed by atoms with Gasteiger partial charge in [-0.1, -0.05) is 22.2 Å². The average molecular weight is 1090 g/mol. The van der Waals surface area contributed by atoms with E-state index in [2.05, 4.69) is 53.6 Å². The highest BCUT2D eigenvalue weighted by atomic mass is 32.3. The Labute approximate surface area is 392 Å². The van der Waals surface area contributed by atoms with E-state index in [1.165, 1.54) is 48.5 Å². The van der Waals surface area contributed by atoms with Gasteiger partial charge in [0.2, 0.25) is 0 Å². The van der Waals surface area contributed by atoms with Gasteiger partial charge in [-0.05, 0) is 72.1 Å². The number of benzene rings is 5. The summed E-state index contributed by atoms with van der Waals surface area (Å²) in [6.07, 6.45) is 0. The largest absolute Gasteiger partial charge is 0.397 e. The van der Waals surface area contributed by atoms with E-state index in [4.69, 9.17) is 30.7 Å². The van der Waals surface area contributed by atoms with Crippen molar-refractivity contribution in [3.63, 3.8) is 0 Å². The maximum Gasteiger partial charge on any atom is 0.397 e. The van der Waals surface area contributed by atoms with Crippen LogP contribution in [0.5, 0.6) is 0 Å². The minimum atomic E-state index is -5.30. The summed E-state index contributed by atoms with van der Waals surface area (Å²) < 4.78 is 168. The first-order valence-corrected chi connectivity index (χ1v) is 26.5. The maximum atomic E-state index is 12.8. The van der Waals surface area contributed by atoms with Crippen LogP contribution >= 0.6 is 24.4 Å². The lowest BCUT2D eigenvalue weighted by molar-refractivity contribution is -0.434. The first kappa shape index (κ1) is 53.7. The van der Waals surface area contributed by atoms with Gasteiger partial charge in [0, 0.05) is 10.3 Å². The number of hydrogen-bond donors (Lipinski definition) is 7. The van der Waals surface area contributed by atoms with Crippen LogP contribution in [0.2, 0.25) is 0 Å². The molecule has 0 bridgehead atoms. The van der Waals surface area contributed by atoms with Gasteiger partial charge >= 0.3 is 10.4 Å². The van der Waals surface area contributed by atoms with Gasteiger partial charge in [-0.2, -0.15) is 35.5 Å². The van der Waals surface area contributed by atoms with Gasteiger partial charge in [0.05, 0.1) is 69.3 Å². The van der Waals surface area contributed by atoms with Crippen molar-refractivity contribution in [2.24, 2.45) is 30.7 Å². The van der Waals surface area contributed by atoms with E-state index in [9.17, 15) is 51.2 Å². The van der Waals surface area contributed by atoms with E-state index < -0.39 is 106 Å². The Morgan fingerprint density at radius 3 is 1.72 bits per heavy atom. The van der Waals surface area contributed by atoms with Crippen molar-refractivity contribution in [2.75, 3.05) is 36.2 Å². The standard InChI is InChI=1S/C32H30N8O21S7/c33-30-25(38-35-18-4-6-20(7-5-18)64(43,44)12-10-56-63-61-59-42)17-26(39-36-19-14-23-22(27(15-19)62-60-58-41)2-1-3-28(23)66(47,48)49)31(34)32(30)40-37-24-9-8-21(16-29(24)67(50,51)52)65(45,46)13-11-57-68(53,54)55/h1-9,14-17,41-42H,10-13,33-34H2,(H,47,48,49)(H,50,51,52)(H,53,54,55). The van der Waals surface area contributed by atoms with Gasteiger partial charge in [-0.15, -0.1) is 29.1 Å². The molecule has 0 unspecified atom stereocenters. The number of nitrogens with two attached hydrogens (primary N) is 2. The van der Waals surface area contributed by atoms with Gasteiger partial charge in [0.1, 0.15) is 32.5 Å². The topological polar surface area (TPSA) is 453 Å². The van der Waals surface area contributed by atoms with Crippen molar-refractivity contribution in [1.82, 2.24) is 0 Å². The number of nitrogen functional groups attached to an aromatic ring is 2. The zero-order chi connectivity index (χ0) is 50.1. The minimum absolute atomic E-state index is 0.0501. The van der Waals surface area contributed by atoms with Crippen molar-refractivity contribution < 1.29 is 93.4 Å². The number of nitrogens with zero attached hydrogens (tertiary/aromatic N) is 6. The summed E-state index contributed by atoms with van der Waals surface area (Å²) in [5.74, 6) is -1.59. The molecule has 0 atom stereocenters. The summed E-state index contributed by atoms with van der Waals surface area (Å²) >= 11 is 0.591. The van der Waals surface area contributed by atoms with Gasteiger partial charge in [-0.25, -0.2) is 31.5 Å². The fourth-order valence-electron chi connectivity index (χ4n) is 5.38. The zero-order valence-corrected chi connectivity index (χ0v) is 39.0. The van der Waals surface area contributed by atoms with Crippen LogP contribution < -0.4 is 11.5 Å². The Balaban J connectivity index is 1.61. The Morgan fingerprint density at radius 2 is 1.12 bits per heavy atom. The molecule has 5 rings (SSSR count). The van der Waals surface area contributed by atoms with Crippen molar-refractivity contribution in [3.8, 4) is 0 Å². The molecule has 36 heteroatoms. The number of fused-ring (bicyclic) bond motifs is 1. The van der Waals surface area contributed by atoms with Crippen molar-refractivity contribution in [1.29, 1.82) is 0 Å². The molecular weight excluding hydrogens is 1060 g/mol. The molecule has 5 aromatic rings. The Bertz CT molecular complexity index is 3360. The molecule has 0 aliphatic rings. The fourth-order valence-corrected chi connectivity index (χ4v) is 10.3. The first-order chi connectivity index (χ1) is 31.8. The monoisotopic (exact) mass is 1090 g/mol. The second-order valence-electron chi connectivity index (χ2n) is 12.7. The molecule has 0 aromatic heterocycles. The number of rotatable bonds is 23. The SMILES string of the molecule is Nc1c(N=Nc2ccc(S(=O)(=O)CCOSOOO)cc2)cc(N=Nc2cc(SOOO)c3cccc(S(=O)(=O)O)c3c2)c(N)c1N=Nc1ccc(S(=O)(=O)CCOS(=O)(=O)O)cc1S(=O)(=O)O. The van der Waals surface area contributed by atoms with Gasteiger partial charge < -0.3 is 11.5 Å². The highest BCUT2D eigenvalue weighted by Gasteiger charge is 2.24. The van der Waals surface area contributed by atoms with Crippen molar-refractivity contribution >= 4 is 131 Å². The molecule has 0 saturated carbocycles. The van der Waals surface area contributed by atoms with E-state index in [1.54, 1.807) is 0 Å². The van der Waals surface area contributed by atoms with Crippen LogP contribution in [-0.4, -0.2) is 91.0 Å². The molecule has 366 valence electrons. The lowest BCUT2D eigenvalue weighted by Crippen LogP contribution is -2.16. The first-order valence-electron chi connectivity index (χ1n) is 17.6. The number of azo groups is 3. The molecule has 0 spiro atoms. The van der Waals surface area contributed by atoms with Crippen LogP contribution in [0.4, 0.5) is 45.5 Å². The van der Waals surface area contributed by atoms with E-state index in [1.807, 2.05) is 0 Å². The van der Waals surface area contributed by atoms with Gasteiger partial charge in [0.25, 0.3) is 20.2 Å². The molecule has 9 N–H and O–H groups in total. The third-order valence-electron chi connectivity index (χ3n) is 8.36. The van der Waals surface area contributed by atoms with Crippen molar-refractivity contribution in [2.45, 2.75) is 24.5 Å². The van der Waals surface area contributed by atoms with Gasteiger partial charge in [0.15, 0.2) is 32.0 Å². The smallest absolute Gasteiger partial charge is 0.395 e. The van der Waals surface area contributed by atoms with Crippen LogP contribution in [0, 0.1) is 0 Å². The zero-order valence-electron chi connectivity index (χ0n) is 33.3.